The van der Waals surface area contributed by atoms with Crippen LogP contribution in [0.5, 0.6) is 5.75 Å². The molecule has 0 saturated carbocycles. The fourth-order valence-corrected chi connectivity index (χ4v) is 5.18. The van der Waals surface area contributed by atoms with Crippen LogP contribution in [0.1, 0.15) is 0 Å². The number of rotatable bonds is 11. The average molecular weight is 657 g/mol. The fraction of sp³-hybridized carbons (Fsp3) is 0.241. The molecule has 39 heavy (non-hydrogen) atoms. The molecular weight excluding hydrogens is 627 g/mol. The van der Waals surface area contributed by atoms with Crippen LogP contribution in [0.3, 0.4) is 0 Å². The van der Waals surface area contributed by atoms with Crippen molar-refractivity contribution < 1.29 is 9.47 Å². The average Bonchev–Trinajstić information content (AvgIpc) is 2.92. The summed E-state index contributed by atoms with van der Waals surface area (Å²) >= 11 is 8.56. The zero-order chi connectivity index (χ0) is 27.4. The molecule has 5 aromatic rings. The minimum Gasteiger partial charge on any atom is -0.497 e. The highest BCUT2D eigenvalue weighted by atomic mass is 127. The van der Waals surface area contributed by atoms with Crippen LogP contribution in [0.4, 0.5) is 11.4 Å². The summed E-state index contributed by atoms with van der Waals surface area (Å²) in [5.74, 6) is 0.786. The van der Waals surface area contributed by atoms with Gasteiger partial charge in [0.05, 0.1) is 42.7 Å². The lowest BCUT2D eigenvalue weighted by Crippen LogP contribution is -2.37. The van der Waals surface area contributed by atoms with E-state index in [9.17, 15) is 0 Å². The number of hydrogen-bond acceptors (Lipinski definition) is 8. The molecule has 0 aliphatic rings. The molecule has 2 heterocycles. The van der Waals surface area contributed by atoms with Gasteiger partial charge in [-0.3, -0.25) is 14.8 Å². The summed E-state index contributed by atoms with van der Waals surface area (Å²) in [4.78, 5) is 13.6. The molecule has 202 valence electrons. The van der Waals surface area contributed by atoms with E-state index in [1.54, 1.807) is 7.11 Å². The highest BCUT2D eigenvalue weighted by Gasteiger charge is 2.12. The Morgan fingerprint density at radius 1 is 0.872 bits per heavy atom. The Balaban J connectivity index is 1.18. The summed E-state index contributed by atoms with van der Waals surface area (Å²) < 4.78 is 12.5. The van der Waals surface area contributed by atoms with Gasteiger partial charge in [-0.1, -0.05) is 11.6 Å². The van der Waals surface area contributed by atoms with Crippen molar-refractivity contribution in [2.24, 2.45) is 0 Å². The molecule has 0 saturated heterocycles. The molecule has 3 aromatic carbocycles. The molecule has 10 heteroatoms. The number of methoxy groups -OCH3 is 1. The SMILES string of the molecule is COc1ccc2nc3cc(Cl)ccc3c(NCN(C)CN(C)COCNc3ccnc4cc(I)ccc34)c2c1. The predicted molar refractivity (Wildman–Crippen MR) is 169 cm³/mol. The van der Waals surface area contributed by atoms with Crippen LogP contribution in [0.15, 0.2) is 66.9 Å². The third-order valence-electron chi connectivity index (χ3n) is 6.33. The molecule has 0 aliphatic heterocycles. The number of halogens is 2. The van der Waals surface area contributed by atoms with E-state index in [1.807, 2.05) is 55.7 Å². The predicted octanol–water partition coefficient (Wildman–Crippen LogP) is 6.44. The third kappa shape index (κ3) is 6.62. The number of fused-ring (bicyclic) bond motifs is 3. The first kappa shape index (κ1) is 27.6. The van der Waals surface area contributed by atoms with Gasteiger partial charge in [-0.05, 0) is 97.3 Å². The topological polar surface area (TPSA) is 74.8 Å². The number of aromatic nitrogens is 2. The van der Waals surface area contributed by atoms with Gasteiger partial charge in [0, 0.05) is 36.6 Å². The Kier molecular flexibility index (Phi) is 8.83. The van der Waals surface area contributed by atoms with Crippen molar-refractivity contribution in [1.29, 1.82) is 0 Å². The summed E-state index contributed by atoms with van der Waals surface area (Å²) in [5, 5.41) is 10.7. The number of pyridine rings is 2. The molecule has 2 N–H and O–H groups in total. The third-order valence-corrected chi connectivity index (χ3v) is 7.24. The van der Waals surface area contributed by atoms with E-state index in [4.69, 9.17) is 26.1 Å². The zero-order valence-electron chi connectivity index (χ0n) is 22.0. The fourth-order valence-electron chi connectivity index (χ4n) is 4.54. The number of hydrogen-bond donors (Lipinski definition) is 2. The molecule has 5 rings (SSSR count). The summed E-state index contributed by atoms with van der Waals surface area (Å²) in [7, 11) is 5.77. The van der Waals surface area contributed by atoms with Crippen LogP contribution < -0.4 is 15.4 Å². The molecule has 2 aromatic heterocycles. The second-order valence-electron chi connectivity index (χ2n) is 9.39. The molecule has 0 amide bonds. The number of nitrogens with one attached hydrogen (secondary N) is 2. The van der Waals surface area contributed by atoms with Crippen molar-refractivity contribution in [2.45, 2.75) is 0 Å². The highest BCUT2D eigenvalue weighted by Crippen LogP contribution is 2.34. The first-order valence-corrected chi connectivity index (χ1v) is 13.9. The molecule has 0 fully saturated rings. The summed E-state index contributed by atoms with van der Waals surface area (Å²) in [5.41, 5.74) is 4.70. The molecule has 0 spiro atoms. The zero-order valence-corrected chi connectivity index (χ0v) is 25.0. The van der Waals surface area contributed by atoms with E-state index < -0.39 is 0 Å². The molecular formula is C29H30ClIN6O2. The number of nitrogens with zero attached hydrogens (tertiary/aromatic N) is 4. The van der Waals surface area contributed by atoms with Crippen LogP contribution in [0, 0.1) is 3.57 Å². The Labute approximate surface area is 246 Å². The highest BCUT2D eigenvalue weighted by molar-refractivity contribution is 14.1. The first-order valence-electron chi connectivity index (χ1n) is 12.4. The van der Waals surface area contributed by atoms with E-state index in [0.717, 1.165) is 53.4 Å². The first-order chi connectivity index (χ1) is 18.9. The van der Waals surface area contributed by atoms with E-state index in [0.29, 0.717) is 31.8 Å². The number of anilines is 2. The lowest BCUT2D eigenvalue weighted by Gasteiger charge is -2.25. The van der Waals surface area contributed by atoms with Gasteiger partial charge in [-0.2, -0.15) is 0 Å². The largest absolute Gasteiger partial charge is 0.497 e. The minimum atomic E-state index is 0.400. The second-order valence-corrected chi connectivity index (χ2v) is 11.1. The molecule has 0 radical (unpaired) electrons. The molecule has 0 unspecified atom stereocenters. The standard InChI is InChI=1S/C29H30ClIN6O2/c1-36(17-37(2)18-39-16-34-25-10-11-32-27-13-20(31)5-8-22(25)27)15-33-29-23-7-4-19(30)12-28(23)35-26-9-6-21(38-3)14-24(26)29/h4-14H,15-18H2,1-3H3,(H,32,34)(H,33,35). The smallest absolute Gasteiger partial charge is 0.119 e. The second kappa shape index (κ2) is 12.5. The van der Waals surface area contributed by atoms with Crippen LogP contribution >= 0.6 is 34.2 Å². The Morgan fingerprint density at radius 3 is 2.56 bits per heavy atom. The van der Waals surface area contributed by atoms with Crippen molar-refractivity contribution in [3.05, 3.63) is 75.5 Å². The minimum absolute atomic E-state index is 0.400. The Bertz CT molecular complexity index is 1620. The quantitative estimate of drug-likeness (QED) is 0.0729. The normalized spacial score (nSPS) is 11.7. The Morgan fingerprint density at radius 2 is 1.72 bits per heavy atom. The number of benzene rings is 3. The van der Waals surface area contributed by atoms with Crippen LogP contribution in [-0.4, -0.2) is 67.8 Å². The van der Waals surface area contributed by atoms with Crippen LogP contribution in [0.2, 0.25) is 5.02 Å². The van der Waals surface area contributed by atoms with Gasteiger partial charge in [0.1, 0.15) is 19.2 Å². The van der Waals surface area contributed by atoms with Crippen LogP contribution in [-0.2, 0) is 4.74 Å². The van der Waals surface area contributed by atoms with Crippen LogP contribution in [0.25, 0.3) is 32.7 Å². The van der Waals surface area contributed by atoms with E-state index in [-0.39, 0.29) is 0 Å². The van der Waals surface area contributed by atoms with Gasteiger partial charge in [0.25, 0.3) is 0 Å². The summed E-state index contributed by atoms with van der Waals surface area (Å²) in [6.07, 6.45) is 1.81. The van der Waals surface area contributed by atoms with E-state index in [2.05, 4.69) is 73.3 Å². The van der Waals surface area contributed by atoms with Crippen molar-refractivity contribution >= 4 is 78.3 Å². The van der Waals surface area contributed by atoms with Crippen molar-refractivity contribution in [2.75, 3.05) is 58.6 Å². The summed E-state index contributed by atoms with van der Waals surface area (Å²) in [6, 6.07) is 19.9. The maximum Gasteiger partial charge on any atom is 0.119 e. The monoisotopic (exact) mass is 656 g/mol. The molecule has 0 bridgehead atoms. The maximum atomic E-state index is 6.26. The van der Waals surface area contributed by atoms with E-state index in [1.165, 1.54) is 0 Å². The maximum absolute atomic E-state index is 6.26. The van der Waals surface area contributed by atoms with Crippen molar-refractivity contribution in [3.63, 3.8) is 0 Å². The molecule has 0 atom stereocenters. The summed E-state index contributed by atoms with van der Waals surface area (Å²) in [6.45, 7) is 2.21. The number of ether oxygens (including phenoxy) is 2. The Hall–Kier alpha value is -2.96. The molecule has 0 aliphatic carbocycles. The van der Waals surface area contributed by atoms with Gasteiger partial charge >= 0.3 is 0 Å². The molecule has 8 nitrogen and oxygen atoms in total. The van der Waals surface area contributed by atoms with Gasteiger partial charge in [-0.25, -0.2) is 4.98 Å². The van der Waals surface area contributed by atoms with E-state index >= 15 is 0 Å². The van der Waals surface area contributed by atoms with Gasteiger partial charge in [0.2, 0.25) is 0 Å². The van der Waals surface area contributed by atoms with Crippen molar-refractivity contribution in [1.82, 2.24) is 19.8 Å². The lowest BCUT2D eigenvalue weighted by atomic mass is 10.1. The van der Waals surface area contributed by atoms with Crippen molar-refractivity contribution in [3.8, 4) is 5.75 Å². The van der Waals surface area contributed by atoms with Gasteiger partial charge in [-0.15, -0.1) is 0 Å². The lowest BCUT2D eigenvalue weighted by molar-refractivity contribution is 0.0281. The van der Waals surface area contributed by atoms with Gasteiger partial charge in [0.15, 0.2) is 0 Å². The van der Waals surface area contributed by atoms with Gasteiger partial charge < -0.3 is 20.1 Å².